The summed E-state index contributed by atoms with van der Waals surface area (Å²) in [5.41, 5.74) is 2.04. The minimum Gasteiger partial charge on any atom is -0.344 e. The molecule has 2 aromatic carbocycles. The molecule has 0 fully saturated rings. The zero-order valence-corrected chi connectivity index (χ0v) is 17.2. The van der Waals surface area contributed by atoms with Gasteiger partial charge in [0.05, 0.1) is 5.41 Å². The Balaban J connectivity index is 1.97. The van der Waals surface area contributed by atoms with Crippen LogP contribution in [0.15, 0.2) is 54.6 Å². The van der Waals surface area contributed by atoms with Crippen molar-refractivity contribution in [3.05, 3.63) is 65.7 Å². The van der Waals surface area contributed by atoms with E-state index in [1.165, 1.54) is 0 Å². The minimum atomic E-state index is -0.865. The van der Waals surface area contributed by atoms with Gasteiger partial charge in [-0.25, -0.2) is 0 Å². The first-order chi connectivity index (χ1) is 13.3. The molecule has 1 heterocycles. The Morgan fingerprint density at radius 1 is 0.964 bits per heavy atom. The Kier molecular flexibility index (Phi) is 5.84. The van der Waals surface area contributed by atoms with E-state index in [-0.39, 0.29) is 18.2 Å². The molecule has 148 valence electrons. The highest BCUT2D eigenvalue weighted by Gasteiger charge is 2.51. The Bertz CT molecular complexity index is 850. The molecule has 1 aliphatic heterocycles. The Morgan fingerprint density at radius 3 is 2.29 bits per heavy atom. The monoisotopic (exact) mass is 379 g/mol. The summed E-state index contributed by atoms with van der Waals surface area (Å²) in [6.07, 6.45) is 0.688. The van der Waals surface area contributed by atoms with Crippen molar-refractivity contribution in [2.75, 3.05) is 46.2 Å². The van der Waals surface area contributed by atoms with Crippen LogP contribution in [-0.2, 0) is 21.4 Å². The SMILES string of the molecule is CN(C)CCN(C)C(=O)CC1(Cc2ccccc2)C(=O)N(C)c2ccccc21. The normalized spacial score (nSPS) is 18.5. The average Bonchev–Trinajstić information content (AvgIpc) is 2.89. The summed E-state index contributed by atoms with van der Waals surface area (Å²) in [6.45, 7) is 1.43. The van der Waals surface area contributed by atoms with Gasteiger partial charge in [-0.15, -0.1) is 0 Å². The Hall–Kier alpha value is -2.66. The van der Waals surface area contributed by atoms with Crippen LogP contribution in [0.1, 0.15) is 17.5 Å². The van der Waals surface area contributed by atoms with Gasteiger partial charge in [0, 0.05) is 39.3 Å². The summed E-state index contributed by atoms with van der Waals surface area (Å²) in [4.78, 5) is 32.1. The molecule has 2 amide bonds. The number of carbonyl (C=O) groups excluding carboxylic acids is 2. The number of benzene rings is 2. The molecule has 1 aliphatic rings. The number of fused-ring (bicyclic) bond motifs is 1. The van der Waals surface area contributed by atoms with E-state index in [0.717, 1.165) is 23.4 Å². The smallest absolute Gasteiger partial charge is 0.238 e. The fourth-order valence-corrected chi connectivity index (χ4v) is 3.93. The second kappa shape index (κ2) is 8.15. The van der Waals surface area contributed by atoms with Crippen LogP contribution < -0.4 is 4.90 Å². The number of likely N-dealkylation sites (N-methyl/N-ethyl adjacent to an activating group) is 3. The standard InChI is InChI=1S/C23H29N3O2/c1-24(2)14-15-25(3)21(27)17-23(16-18-10-6-5-7-11-18)19-12-8-9-13-20(19)26(4)22(23)28/h5-13H,14-17H2,1-4H3. The van der Waals surface area contributed by atoms with E-state index in [0.29, 0.717) is 13.0 Å². The molecule has 5 heteroatoms. The molecule has 1 atom stereocenters. The van der Waals surface area contributed by atoms with Crippen molar-refractivity contribution in [3.8, 4) is 0 Å². The lowest BCUT2D eigenvalue weighted by molar-refractivity contribution is -0.135. The second-order valence-corrected chi connectivity index (χ2v) is 7.92. The molecule has 0 saturated carbocycles. The first-order valence-corrected chi connectivity index (χ1v) is 9.65. The molecule has 1 unspecified atom stereocenters. The van der Waals surface area contributed by atoms with Crippen molar-refractivity contribution in [1.82, 2.24) is 9.80 Å². The third-order valence-corrected chi connectivity index (χ3v) is 5.61. The van der Waals surface area contributed by atoms with Crippen molar-refractivity contribution in [2.24, 2.45) is 0 Å². The minimum absolute atomic E-state index is 0.00349. The van der Waals surface area contributed by atoms with Gasteiger partial charge in [-0.3, -0.25) is 9.59 Å². The summed E-state index contributed by atoms with van der Waals surface area (Å²) in [6, 6.07) is 17.8. The summed E-state index contributed by atoms with van der Waals surface area (Å²) < 4.78 is 0. The lowest BCUT2D eigenvalue weighted by atomic mass is 9.73. The van der Waals surface area contributed by atoms with E-state index in [9.17, 15) is 9.59 Å². The van der Waals surface area contributed by atoms with Crippen LogP contribution in [0.4, 0.5) is 5.69 Å². The Morgan fingerprint density at radius 2 is 1.61 bits per heavy atom. The molecule has 0 saturated heterocycles. The maximum Gasteiger partial charge on any atom is 0.238 e. The van der Waals surface area contributed by atoms with Crippen molar-refractivity contribution in [1.29, 1.82) is 0 Å². The van der Waals surface area contributed by atoms with E-state index >= 15 is 0 Å². The number of amides is 2. The van der Waals surface area contributed by atoms with Gasteiger partial charge in [0.2, 0.25) is 11.8 Å². The largest absolute Gasteiger partial charge is 0.344 e. The molecule has 0 spiro atoms. The van der Waals surface area contributed by atoms with Crippen molar-refractivity contribution in [3.63, 3.8) is 0 Å². The molecule has 0 N–H and O–H groups in total. The fraction of sp³-hybridized carbons (Fsp3) is 0.391. The molecule has 0 radical (unpaired) electrons. The highest BCUT2D eigenvalue weighted by Crippen LogP contribution is 2.45. The third kappa shape index (κ3) is 3.80. The molecule has 0 aliphatic carbocycles. The van der Waals surface area contributed by atoms with Crippen LogP contribution in [-0.4, -0.2) is 62.9 Å². The van der Waals surface area contributed by atoms with Gasteiger partial charge in [-0.2, -0.15) is 0 Å². The van der Waals surface area contributed by atoms with Crippen LogP contribution in [0.3, 0.4) is 0 Å². The van der Waals surface area contributed by atoms with Crippen LogP contribution in [0.25, 0.3) is 0 Å². The number of rotatable bonds is 7. The summed E-state index contributed by atoms with van der Waals surface area (Å²) >= 11 is 0. The van der Waals surface area contributed by atoms with Gasteiger partial charge < -0.3 is 14.7 Å². The summed E-state index contributed by atoms with van der Waals surface area (Å²) in [5, 5.41) is 0. The van der Waals surface area contributed by atoms with Crippen molar-refractivity contribution < 1.29 is 9.59 Å². The number of carbonyl (C=O) groups is 2. The van der Waals surface area contributed by atoms with Crippen LogP contribution in [0.2, 0.25) is 0 Å². The van der Waals surface area contributed by atoms with Gasteiger partial charge in [-0.05, 0) is 37.7 Å². The van der Waals surface area contributed by atoms with Gasteiger partial charge in [0.15, 0.2) is 0 Å². The number of anilines is 1. The zero-order valence-electron chi connectivity index (χ0n) is 17.2. The van der Waals surface area contributed by atoms with Gasteiger partial charge >= 0.3 is 0 Å². The van der Waals surface area contributed by atoms with Crippen molar-refractivity contribution >= 4 is 17.5 Å². The molecule has 0 bridgehead atoms. The zero-order chi connectivity index (χ0) is 20.3. The topological polar surface area (TPSA) is 43.9 Å². The maximum absolute atomic E-state index is 13.5. The lowest BCUT2D eigenvalue weighted by Gasteiger charge is -2.30. The number of hydrogen-bond donors (Lipinski definition) is 0. The van der Waals surface area contributed by atoms with Crippen LogP contribution in [0.5, 0.6) is 0 Å². The summed E-state index contributed by atoms with van der Waals surface area (Å²) in [7, 11) is 7.59. The highest BCUT2D eigenvalue weighted by atomic mass is 16.2. The number of hydrogen-bond acceptors (Lipinski definition) is 3. The Labute approximate surface area is 167 Å². The maximum atomic E-state index is 13.5. The number of para-hydroxylation sites is 1. The van der Waals surface area contributed by atoms with Crippen molar-refractivity contribution in [2.45, 2.75) is 18.3 Å². The molecule has 2 aromatic rings. The van der Waals surface area contributed by atoms with Gasteiger partial charge in [-0.1, -0.05) is 48.5 Å². The molecule has 5 nitrogen and oxygen atoms in total. The number of nitrogens with zero attached hydrogens (tertiary/aromatic N) is 3. The summed E-state index contributed by atoms with van der Waals surface area (Å²) in [5.74, 6) is -0.0110. The van der Waals surface area contributed by atoms with E-state index in [4.69, 9.17) is 0 Å². The van der Waals surface area contributed by atoms with Gasteiger partial charge in [0.25, 0.3) is 0 Å². The third-order valence-electron chi connectivity index (χ3n) is 5.61. The van der Waals surface area contributed by atoms with Crippen LogP contribution in [0, 0.1) is 0 Å². The predicted molar refractivity (Wildman–Crippen MR) is 112 cm³/mol. The van der Waals surface area contributed by atoms with Gasteiger partial charge in [0.1, 0.15) is 0 Å². The van der Waals surface area contributed by atoms with E-state index in [1.807, 2.05) is 80.6 Å². The predicted octanol–water partition coefficient (Wildman–Crippen LogP) is 2.55. The molecular weight excluding hydrogens is 350 g/mol. The molecular formula is C23H29N3O2. The highest BCUT2D eigenvalue weighted by molar-refractivity contribution is 6.09. The van der Waals surface area contributed by atoms with E-state index in [2.05, 4.69) is 0 Å². The average molecular weight is 380 g/mol. The molecule has 3 rings (SSSR count). The van der Waals surface area contributed by atoms with Crippen LogP contribution >= 0.6 is 0 Å². The van der Waals surface area contributed by atoms with E-state index in [1.54, 1.807) is 16.8 Å². The fourth-order valence-electron chi connectivity index (χ4n) is 3.93. The first kappa shape index (κ1) is 20.1. The quantitative estimate of drug-likeness (QED) is 0.743. The lowest BCUT2D eigenvalue weighted by Crippen LogP contribution is -2.45. The molecule has 0 aromatic heterocycles. The first-order valence-electron chi connectivity index (χ1n) is 9.65. The van der Waals surface area contributed by atoms with E-state index < -0.39 is 5.41 Å². The molecule has 28 heavy (non-hydrogen) atoms. The second-order valence-electron chi connectivity index (χ2n) is 7.92.